The Morgan fingerprint density at radius 3 is 2.27 bits per heavy atom. The molecule has 1 unspecified atom stereocenters. The van der Waals surface area contributed by atoms with Crippen LogP contribution in [0.2, 0.25) is 0 Å². The van der Waals surface area contributed by atoms with Crippen LogP contribution in [0.3, 0.4) is 0 Å². The Morgan fingerprint density at radius 2 is 1.77 bits per heavy atom. The molecule has 26 heavy (non-hydrogen) atoms. The van der Waals surface area contributed by atoms with Crippen LogP contribution in [0.25, 0.3) is 0 Å². The van der Waals surface area contributed by atoms with E-state index in [4.69, 9.17) is 16.0 Å². The minimum absolute atomic E-state index is 0.000641. The summed E-state index contributed by atoms with van der Waals surface area (Å²) in [7, 11) is -4.66. The predicted octanol–water partition coefficient (Wildman–Crippen LogP) is 1.61. The smallest absolute Gasteiger partial charge is 0.350 e. The van der Waals surface area contributed by atoms with E-state index in [-0.39, 0.29) is 25.3 Å². The Bertz CT molecular complexity index is 792. The van der Waals surface area contributed by atoms with Gasteiger partial charge in [0, 0.05) is 12.0 Å². The quantitative estimate of drug-likeness (QED) is 0.172. The van der Waals surface area contributed by atoms with Gasteiger partial charge < -0.3 is 15.5 Å². The first kappa shape index (κ1) is 19.8. The van der Waals surface area contributed by atoms with Crippen molar-refractivity contribution < 1.29 is 24.0 Å². The van der Waals surface area contributed by atoms with E-state index in [0.717, 1.165) is 5.56 Å². The zero-order valence-electron chi connectivity index (χ0n) is 13.9. The van der Waals surface area contributed by atoms with Gasteiger partial charge in [0.25, 0.3) is 0 Å². The summed E-state index contributed by atoms with van der Waals surface area (Å²) in [4.78, 5) is 36.0. The fourth-order valence-corrected chi connectivity index (χ4v) is 3.16. The van der Waals surface area contributed by atoms with E-state index in [1.165, 1.54) is 0 Å². The van der Waals surface area contributed by atoms with Crippen molar-refractivity contribution in [3.63, 3.8) is 0 Å². The normalized spacial score (nSPS) is 12.4. The average molecular weight is 377 g/mol. The third-order valence-corrected chi connectivity index (χ3v) is 4.88. The first-order valence-corrected chi connectivity index (χ1v) is 9.38. The maximum absolute atomic E-state index is 11.9. The lowest BCUT2D eigenvalue weighted by Gasteiger charge is -2.28. The highest BCUT2D eigenvalue weighted by Gasteiger charge is 2.35. The summed E-state index contributed by atoms with van der Waals surface area (Å²) >= 11 is 0. The van der Waals surface area contributed by atoms with Gasteiger partial charge in [0.05, 0.1) is 0 Å². The van der Waals surface area contributed by atoms with E-state index in [0.29, 0.717) is 16.2 Å². The number of nitrogens with two attached hydrogens (primary N) is 1. The lowest BCUT2D eigenvalue weighted by molar-refractivity contribution is -0.184. The van der Waals surface area contributed by atoms with Gasteiger partial charge in [-0.05, 0) is 11.1 Å². The zero-order chi connectivity index (χ0) is 19.2. The number of benzene rings is 2. The minimum atomic E-state index is -4.66. The molecule has 1 amide bonds. The SMILES string of the molecule is N=C(N)c1ccc(CC(N(C=O)OCc2ccccc2)P(=O)(O)O)cc1. The van der Waals surface area contributed by atoms with Crippen LogP contribution in [-0.2, 0) is 27.2 Å². The van der Waals surface area contributed by atoms with Crippen molar-refractivity contribution in [2.75, 3.05) is 0 Å². The minimum Gasteiger partial charge on any atom is -0.384 e. The summed E-state index contributed by atoms with van der Waals surface area (Å²) in [5.41, 5.74) is 7.20. The molecule has 0 aliphatic rings. The van der Waals surface area contributed by atoms with Crippen molar-refractivity contribution in [1.82, 2.24) is 5.06 Å². The van der Waals surface area contributed by atoms with Crippen LogP contribution in [0, 0.1) is 5.41 Å². The van der Waals surface area contributed by atoms with Crippen LogP contribution < -0.4 is 5.73 Å². The van der Waals surface area contributed by atoms with E-state index < -0.39 is 13.4 Å². The number of carbonyl (C=O) groups excluding carboxylic acids is 1. The Labute approximate surface area is 150 Å². The van der Waals surface area contributed by atoms with Gasteiger partial charge in [0.15, 0.2) is 5.78 Å². The molecule has 2 rings (SSSR count). The summed E-state index contributed by atoms with van der Waals surface area (Å²) in [6, 6.07) is 15.3. The number of hydroxylamine groups is 2. The number of carbonyl (C=O) groups is 1. The molecule has 0 aliphatic carbocycles. The molecular formula is C17H20N3O5P. The molecule has 138 valence electrons. The Balaban J connectivity index is 2.15. The van der Waals surface area contributed by atoms with Gasteiger partial charge in [-0.25, -0.2) is 5.06 Å². The first-order chi connectivity index (χ1) is 12.3. The van der Waals surface area contributed by atoms with Crippen LogP contribution in [0.5, 0.6) is 0 Å². The van der Waals surface area contributed by atoms with Gasteiger partial charge in [0.1, 0.15) is 12.4 Å². The summed E-state index contributed by atoms with van der Waals surface area (Å²) in [5.74, 6) is -1.57. The number of hydrogen-bond acceptors (Lipinski definition) is 4. The number of nitrogens with one attached hydrogen (secondary N) is 1. The molecule has 8 nitrogen and oxygen atoms in total. The molecule has 0 saturated heterocycles. The third kappa shape index (κ3) is 5.50. The molecule has 0 aromatic heterocycles. The van der Waals surface area contributed by atoms with Crippen molar-refractivity contribution in [3.05, 3.63) is 71.3 Å². The van der Waals surface area contributed by atoms with Crippen molar-refractivity contribution in [1.29, 1.82) is 5.41 Å². The molecule has 1 atom stereocenters. The highest BCUT2D eigenvalue weighted by atomic mass is 31.2. The fourth-order valence-electron chi connectivity index (χ4n) is 2.30. The average Bonchev–Trinajstić information content (AvgIpc) is 2.61. The Morgan fingerprint density at radius 1 is 1.15 bits per heavy atom. The predicted molar refractivity (Wildman–Crippen MR) is 96.1 cm³/mol. The van der Waals surface area contributed by atoms with Gasteiger partial charge in [0.2, 0.25) is 6.41 Å². The molecular weight excluding hydrogens is 357 g/mol. The third-order valence-electron chi connectivity index (χ3n) is 3.69. The highest BCUT2D eigenvalue weighted by Crippen LogP contribution is 2.44. The summed E-state index contributed by atoms with van der Waals surface area (Å²) in [6.07, 6.45) is 0.145. The number of amides is 1. The number of amidine groups is 1. The number of rotatable bonds is 9. The first-order valence-electron chi connectivity index (χ1n) is 7.70. The standard InChI is InChI=1S/C17H20N3O5P/c18-17(19)15-8-6-13(7-9-15)10-16(26(22,23)24)20(12-21)25-11-14-4-2-1-3-5-14/h1-9,12,16H,10-11H2,(H3,18,19)(H2,22,23,24). The summed E-state index contributed by atoms with van der Waals surface area (Å²) < 4.78 is 11.9. The monoisotopic (exact) mass is 377 g/mol. The van der Waals surface area contributed by atoms with Gasteiger partial charge in [-0.1, -0.05) is 54.6 Å². The molecule has 0 aliphatic heterocycles. The number of hydrogen-bond donors (Lipinski definition) is 4. The zero-order valence-corrected chi connectivity index (χ0v) is 14.8. The highest BCUT2D eigenvalue weighted by molar-refractivity contribution is 7.52. The van der Waals surface area contributed by atoms with Crippen molar-refractivity contribution >= 4 is 19.8 Å². The van der Waals surface area contributed by atoms with Crippen molar-refractivity contribution in [2.24, 2.45) is 5.73 Å². The van der Waals surface area contributed by atoms with E-state index >= 15 is 0 Å². The molecule has 0 saturated carbocycles. The summed E-state index contributed by atoms with van der Waals surface area (Å²) in [5, 5.41) is 8.02. The second-order valence-corrected chi connectivity index (χ2v) is 7.38. The molecule has 2 aromatic carbocycles. The molecule has 0 fully saturated rings. The molecule has 2 aromatic rings. The lowest BCUT2D eigenvalue weighted by Crippen LogP contribution is -2.35. The van der Waals surface area contributed by atoms with Crippen molar-refractivity contribution in [2.45, 2.75) is 18.8 Å². The second-order valence-electron chi connectivity index (χ2n) is 5.61. The Hall–Kier alpha value is -2.51. The van der Waals surface area contributed by atoms with E-state index in [1.54, 1.807) is 48.5 Å². The Kier molecular flexibility index (Phi) is 6.65. The molecule has 9 heteroatoms. The van der Waals surface area contributed by atoms with E-state index in [9.17, 15) is 19.1 Å². The lowest BCUT2D eigenvalue weighted by atomic mass is 10.1. The van der Waals surface area contributed by atoms with Crippen LogP contribution in [0.15, 0.2) is 54.6 Å². The number of nitrogens with zero attached hydrogens (tertiary/aromatic N) is 1. The largest absolute Gasteiger partial charge is 0.384 e. The van der Waals surface area contributed by atoms with Crippen LogP contribution in [0.1, 0.15) is 16.7 Å². The molecule has 0 bridgehead atoms. The van der Waals surface area contributed by atoms with Crippen LogP contribution >= 0.6 is 7.60 Å². The van der Waals surface area contributed by atoms with Crippen LogP contribution in [-0.4, -0.2) is 32.9 Å². The fraction of sp³-hybridized carbons (Fsp3) is 0.176. The van der Waals surface area contributed by atoms with E-state index in [1.807, 2.05) is 6.07 Å². The molecule has 0 heterocycles. The molecule has 0 radical (unpaired) electrons. The maximum atomic E-state index is 11.9. The van der Waals surface area contributed by atoms with Crippen molar-refractivity contribution in [3.8, 4) is 0 Å². The maximum Gasteiger partial charge on any atom is 0.350 e. The molecule has 5 N–H and O–H groups in total. The van der Waals surface area contributed by atoms with Gasteiger partial charge in [-0.15, -0.1) is 0 Å². The van der Waals surface area contributed by atoms with Gasteiger partial charge >= 0.3 is 7.60 Å². The number of nitrogen functional groups attached to an aromatic ring is 1. The summed E-state index contributed by atoms with van der Waals surface area (Å²) in [6.45, 7) is -0.000641. The molecule has 0 spiro atoms. The van der Waals surface area contributed by atoms with Crippen LogP contribution in [0.4, 0.5) is 0 Å². The van der Waals surface area contributed by atoms with E-state index in [2.05, 4.69) is 0 Å². The van der Waals surface area contributed by atoms with Gasteiger partial charge in [-0.3, -0.25) is 19.6 Å². The van der Waals surface area contributed by atoms with Gasteiger partial charge in [-0.2, -0.15) is 0 Å². The topological polar surface area (TPSA) is 137 Å². The second kappa shape index (κ2) is 8.73.